The number of halogens is 1. The van der Waals surface area contributed by atoms with E-state index in [4.69, 9.17) is 4.74 Å². The Morgan fingerprint density at radius 2 is 2.10 bits per heavy atom. The average molecular weight is 408 g/mol. The molecule has 0 radical (unpaired) electrons. The molecule has 4 aromatic heterocycles. The fourth-order valence-electron chi connectivity index (χ4n) is 3.10. The number of ether oxygens (including phenoxy) is 1. The molecule has 0 aliphatic rings. The molecule has 0 spiro atoms. The van der Waals surface area contributed by atoms with Crippen molar-refractivity contribution < 1.29 is 18.7 Å². The Kier molecular flexibility index (Phi) is 5.05. The molecule has 0 saturated carbocycles. The molecule has 0 atom stereocenters. The van der Waals surface area contributed by atoms with Crippen LogP contribution in [-0.2, 0) is 18.2 Å². The van der Waals surface area contributed by atoms with Gasteiger partial charge in [-0.15, -0.1) is 5.10 Å². The zero-order valence-corrected chi connectivity index (χ0v) is 16.2. The van der Waals surface area contributed by atoms with Gasteiger partial charge in [-0.1, -0.05) is 0 Å². The van der Waals surface area contributed by atoms with Gasteiger partial charge in [-0.2, -0.15) is 9.49 Å². The first-order chi connectivity index (χ1) is 14.5. The van der Waals surface area contributed by atoms with E-state index in [9.17, 15) is 14.0 Å². The van der Waals surface area contributed by atoms with Crippen LogP contribution in [-0.4, -0.2) is 47.7 Å². The first-order valence-corrected chi connectivity index (χ1v) is 9.16. The standard InChI is InChI=1S/C20H17FN6O3/c1-3-30-20(29)14-11-23-26(2)17(14)15(28)9-12-6-8-27-16(10-12)24-19(25-27)13-5-4-7-22-18(13)21/h4-8,10-11H,3,9H2,1-2H3. The van der Waals surface area contributed by atoms with Gasteiger partial charge in [0.1, 0.15) is 11.3 Å². The number of esters is 1. The van der Waals surface area contributed by atoms with Crippen molar-refractivity contribution in [2.75, 3.05) is 6.61 Å². The number of aryl methyl sites for hydroxylation is 1. The van der Waals surface area contributed by atoms with E-state index in [0.717, 1.165) is 0 Å². The van der Waals surface area contributed by atoms with Crippen molar-refractivity contribution in [2.24, 2.45) is 7.05 Å². The van der Waals surface area contributed by atoms with Gasteiger partial charge in [0.15, 0.2) is 17.3 Å². The summed E-state index contributed by atoms with van der Waals surface area (Å²) in [5.41, 5.74) is 1.60. The second kappa shape index (κ2) is 7.82. The van der Waals surface area contributed by atoms with Crippen molar-refractivity contribution >= 4 is 17.4 Å². The first-order valence-electron chi connectivity index (χ1n) is 9.16. The fraction of sp³-hybridized carbons (Fsp3) is 0.200. The number of aromatic nitrogens is 6. The molecule has 10 heteroatoms. The quantitative estimate of drug-likeness (QED) is 0.274. The number of carbonyl (C=O) groups is 2. The molecule has 0 N–H and O–H groups in total. The lowest BCUT2D eigenvalue weighted by Crippen LogP contribution is -2.15. The van der Waals surface area contributed by atoms with Crippen LogP contribution in [0.3, 0.4) is 0 Å². The molecule has 30 heavy (non-hydrogen) atoms. The van der Waals surface area contributed by atoms with Crippen molar-refractivity contribution in [1.29, 1.82) is 0 Å². The average Bonchev–Trinajstić information content (AvgIpc) is 3.31. The van der Waals surface area contributed by atoms with Crippen LogP contribution in [0.15, 0.2) is 42.9 Å². The second-order valence-corrected chi connectivity index (χ2v) is 6.47. The maximum absolute atomic E-state index is 13.9. The molecule has 152 valence electrons. The first kappa shape index (κ1) is 19.4. The zero-order chi connectivity index (χ0) is 21.3. The number of hydrogen-bond donors (Lipinski definition) is 0. The van der Waals surface area contributed by atoms with Crippen molar-refractivity contribution in [3.63, 3.8) is 0 Å². The van der Waals surface area contributed by atoms with Gasteiger partial charge in [-0.25, -0.2) is 19.3 Å². The van der Waals surface area contributed by atoms with Gasteiger partial charge in [-0.3, -0.25) is 9.48 Å². The Labute approximate surface area is 170 Å². The van der Waals surface area contributed by atoms with Gasteiger partial charge < -0.3 is 4.74 Å². The van der Waals surface area contributed by atoms with Crippen molar-refractivity contribution in [2.45, 2.75) is 13.3 Å². The molecule has 0 aliphatic heterocycles. The van der Waals surface area contributed by atoms with Crippen molar-refractivity contribution in [3.05, 3.63) is 65.6 Å². The summed E-state index contributed by atoms with van der Waals surface area (Å²) in [7, 11) is 1.59. The van der Waals surface area contributed by atoms with E-state index in [1.807, 2.05) is 0 Å². The molecule has 0 amide bonds. The molecule has 0 saturated heterocycles. The van der Waals surface area contributed by atoms with Crippen LogP contribution in [0.1, 0.15) is 33.3 Å². The number of carbonyl (C=O) groups excluding carboxylic acids is 2. The van der Waals surface area contributed by atoms with Gasteiger partial charge in [0.25, 0.3) is 0 Å². The van der Waals surface area contributed by atoms with E-state index in [2.05, 4.69) is 20.2 Å². The molecule has 0 unspecified atom stereocenters. The molecular weight excluding hydrogens is 391 g/mol. The lowest BCUT2D eigenvalue weighted by Gasteiger charge is -2.06. The minimum atomic E-state index is -0.661. The van der Waals surface area contributed by atoms with Crippen LogP contribution in [0.2, 0.25) is 0 Å². The van der Waals surface area contributed by atoms with Crippen LogP contribution in [0.5, 0.6) is 0 Å². The number of rotatable bonds is 6. The molecule has 0 aliphatic carbocycles. The highest BCUT2D eigenvalue weighted by Crippen LogP contribution is 2.19. The highest BCUT2D eigenvalue weighted by molar-refractivity contribution is 6.05. The SMILES string of the molecule is CCOC(=O)c1cnn(C)c1C(=O)Cc1ccn2nc(-c3cccnc3F)nc2c1. The zero-order valence-electron chi connectivity index (χ0n) is 16.2. The summed E-state index contributed by atoms with van der Waals surface area (Å²) in [6.45, 7) is 1.89. The van der Waals surface area contributed by atoms with Gasteiger partial charge >= 0.3 is 5.97 Å². The smallest absolute Gasteiger partial charge is 0.342 e. The minimum absolute atomic E-state index is 0.0197. The van der Waals surface area contributed by atoms with Crippen LogP contribution >= 0.6 is 0 Å². The number of pyridine rings is 2. The largest absolute Gasteiger partial charge is 0.462 e. The summed E-state index contributed by atoms with van der Waals surface area (Å²) in [6, 6.07) is 6.54. The summed E-state index contributed by atoms with van der Waals surface area (Å²) in [5.74, 6) is -1.35. The Bertz CT molecular complexity index is 1260. The summed E-state index contributed by atoms with van der Waals surface area (Å²) in [4.78, 5) is 32.9. The maximum Gasteiger partial charge on any atom is 0.342 e. The van der Waals surface area contributed by atoms with Crippen LogP contribution in [0.4, 0.5) is 4.39 Å². The molecule has 4 rings (SSSR count). The van der Waals surface area contributed by atoms with E-state index in [-0.39, 0.29) is 41.5 Å². The Morgan fingerprint density at radius 3 is 2.87 bits per heavy atom. The molecule has 0 aromatic carbocycles. The van der Waals surface area contributed by atoms with Gasteiger partial charge in [-0.05, 0) is 36.8 Å². The summed E-state index contributed by atoms with van der Waals surface area (Å²) >= 11 is 0. The third-order valence-electron chi connectivity index (χ3n) is 4.46. The van der Waals surface area contributed by atoms with Gasteiger partial charge in [0.05, 0.1) is 18.4 Å². The van der Waals surface area contributed by atoms with Crippen LogP contribution in [0.25, 0.3) is 17.0 Å². The van der Waals surface area contributed by atoms with Gasteiger partial charge in [0.2, 0.25) is 5.95 Å². The van der Waals surface area contributed by atoms with Crippen LogP contribution < -0.4 is 0 Å². The van der Waals surface area contributed by atoms with E-state index in [1.165, 1.54) is 21.6 Å². The number of fused-ring (bicyclic) bond motifs is 1. The van der Waals surface area contributed by atoms with E-state index in [0.29, 0.717) is 11.2 Å². The summed E-state index contributed by atoms with van der Waals surface area (Å²) in [5, 5.41) is 8.26. The fourth-order valence-corrected chi connectivity index (χ4v) is 3.10. The van der Waals surface area contributed by atoms with Crippen molar-refractivity contribution in [3.8, 4) is 11.4 Å². The molecule has 0 bridgehead atoms. The lowest BCUT2D eigenvalue weighted by atomic mass is 10.1. The molecule has 4 aromatic rings. The highest BCUT2D eigenvalue weighted by Gasteiger charge is 2.23. The van der Waals surface area contributed by atoms with Crippen molar-refractivity contribution in [1.82, 2.24) is 29.4 Å². The van der Waals surface area contributed by atoms with E-state index in [1.54, 1.807) is 44.4 Å². The number of ketones is 1. The topological polar surface area (TPSA) is 104 Å². The maximum atomic E-state index is 13.9. The normalized spacial score (nSPS) is 11.0. The predicted octanol–water partition coefficient (Wildman–Crippen LogP) is 2.27. The summed E-state index contributed by atoms with van der Waals surface area (Å²) in [6.07, 6.45) is 4.33. The molecule has 4 heterocycles. The number of hydrogen-bond acceptors (Lipinski definition) is 7. The van der Waals surface area contributed by atoms with Gasteiger partial charge in [0, 0.05) is 25.9 Å². The molecule has 0 fully saturated rings. The Morgan fingerprint density at radius 1 is 1.27 bits per heavy atom. The summed E-state index contributed by atoms with van der Waals surface area (Å²) < 4.78 is 21.8. The van der Waals surface area contributed by atoms with E-state index >= 15 is 0 Å². The second-order valence-electron chi connectivity index (χ2n) is 6.47. The Balaban J connectivity index is 1.62. The molecule has 9 nitrogen and oxygen atoms in total. The monoisotopic (exact) mass is 408 g/mol. The van der Waals surface area contributed by atoms with Crippen LogP contribution in [0, 0.1) is 5.95 Å². The predicted molar refractivity (Wildman–Crippen MR) is 103 cm³/mol. The highest BCUT2D eigenvalue weighted by atomic mass is 19.1. The third-order valence-corrected chi connectivity index (χ3v) is 4.46. The van der Waals surface area contributed by atoms with E-state index < -0.39 is 11.9 Å². The Hall–Kier alpha value is -3.95. The number of Topliss-reactive ketones (excluding diaryl/α,β-unsaturated/α-hetero) is 1. The number of nitrogens with zero attached hydrogens (tertiary/aromatic N) is 6. The lowest BCUT2D eigenvalue weighted by molar-refractivity contribution is 0.0522. The third kappa shape index (κ3) is 3.54. The molecular formula is C20H17FN6O3. The minimum Gasteiger partial charge on any atom is -0.462 e.